The van der Waals surface area contributed by atoms with Crippen LogP contribution in [-0.2, 0) is 0 Å². The minimum Gasteiger partial charge on any atom is -0.453 e. The number of hydrogen-bond donors (Lipinski definition) is 2. The highest BCUT2D eigenvalue weighted by atomic mass is 16.3. The highest BCUT2D eigenvalue weighted by Gasteiger charge is 2.66. The third kappa shape index (κ3) is 2.72. The maximum Gasteiger partial charge on any atom is 0.201 e. The van der Waals surface area contributed by atoms with Gasteiger partial charge in [-0.25, -0.2) is 0 Å². The first-order chi connectivity index (χ1) is 15.3. The van der Waals surface area contributed by atoms with Gasteiger partial charge in [-0.05, 0) is 99.0 Å². The number of ketones is 1. The topological polar surface area (TPSA) is 82.2 Å². The Labute approximate surface area is 191 Å². The summed E-state index contributed by atoms with van der Waals surface area (Å²) in [4.78, 5) is 13.7. The molecule has 4 N–H and O–H groups in total. The molecule has 6 rings (SSSR count). The normalized spacial score (nSPS) is 45.8. The van der Waals surface area contributed by atoms with Crippen LogP contribution in [0.1, 0.15) is 82.2 Å². The summed E-state index contributed by atoms with van der Waals surface area (Å²) in [6.45, 7) is 4.73. The molecule has 172 valence electrons. The van der Waals surface area contributed by atoms with E-state index in [9.17, 15) is 4.79 Å². The summed E-state index contributed by atoms with van der Waals surface area (Å²) in [6, 6.07) is 9.83. The Morgan fingerprint density at radius 2 is 1.75 bits per heavy atom. The first-order valence-electron chi connectivity index (χ1n) is 12.9. The Balaban J connectivity index is 1.31. The maximum absolute atomic E-state index is 13.7. The van der Waals surface area contributed by atoms with Crippen LogP contribution in [0.3, 0.4) is 0 Å². The molecule has 0 radical (unpaired) electrons. The minimum atomic E-state index is -0.234. The fourth-order valence-corrected chi connectivity index (χ4v) is 9.05. The highest BCUT2D eigenvalue weighted by molar-refractivity contribution is 5.99. The summed E-state index contributed by atoms with van der Waals surface area (Å²) in [5.74, 6) is 2.85. The van der Waals surface area contributed by atoms with E-state index in [1.54, 1.807) is 0 Å². The number of carbonyl (C=O) groups is 1. The number of fused-ring (bicyclic) bond motifs is 6. The average molecular weight is 435 g/mol. The van der Waals surface area contributed by atoms with Crippen LogP contribution in [-0.4, -0.2) is 16.9 Å². The zero-order valence-electron chi connectivity index (χ0n) is 19.6. The fourth-order valence-electron chi connectivity index (χ4n) is 9.05. The molecule has 0 aliphatic heterocycles. The number of benzene rings is 1. The van der Waals surface area contributed by atoms with E-state index in [2.05, 4.69) is 13.8 Å². The van der Waals surface area contributed by atoms with Gasteiger partial charge in [-0.1, -0.05) is 32.0 Å². The van der Waals surface area contributed by atoms with Crippen LogP contribution in [0.25, 0.3) is 11.0 Å². The Kier molecular flexibility index (Phi) is 4.53. The number of furan rings is 1. The third-order valence-corrected chi connectivity index (χ3v) is 10.7. The Morgan fingerprint density at radius 1 is 0.969 bits per heavy atom. The molecule has 4 fully saturated rings. The molecule has 1 heterocycles. The van der Waals surface area contributed by atoms with E-state index in [4.69, 9.17) is 15.9 Å². The van der Waals surface area contributed by atoms with Crippen molar-refractivity contribution in [1.29, 1.82) is 0 Å². The van der Waals surface area contributed by atoms with Gasteiger partial charge >= 0.3 is 0 Å². The molecule has 4 nitrogen and oxygen atoms in total. The van der Waals surface area contributed by atoms with Gasteiger partial charge in [-0.15, -0.1) is 0 Å². The van der Waals surface area contributed by atoms with Crippen molar-refractivity contribution < 1.29 is 9.21 Å². The van der Waals surface area contributed by atoms with Crippen molar-refractivity contribution in [3.63, 3.8) is 0 Å². The number of Topliss-reactive ketones (excluding diaryl/α,β-unsaturated/α-hetero) is 1. The molecule has 4 heteroatoms. The van der Waals surface area contributed by atoms with E-state index in [0.717, 1.165) is 61.8 Å². The summed E-state index contributed by atoms with van der Waals surface area (Å²) in [7, 11) is 0. The van der Waals surface area contributed by atoms with Crippen LogP contribution in [0.2, 0.25) is 0 Å². The molecule has 2 aromatic rings. The lowest BCUT2D eigenvalue weighted by Crippen LogP contribution is -2.73. The van der Waals surface area contributed by atoms with E-state index in [-0.39, 0.29) is 28.2 Å². The fraction of sp³-hybridized carbons (Fsp3) is 0.679. The molecule has 0 saturated heterocycles. The zero-order chi connectivity index (χ0) is 22.3. The van der Waals surface area contributed by atoms with Gasteiger partial charge in [0.05, 0.1) is 0 Å². The molecule has 4 aliphatic rings. The average Bonchev–Trinajstić information content (AvgIpc) is 3.35. The van der Waals surface area contributed by atoms with Crippen LogP contribution >= 0.6 is 0 Å². The van der Waals surface area contributed by atoms with Crippen molar-refractivity contribution in [3.05, 3.63) is 36.1 Å². The van der Waals surface area contributed by atoms with Crippen LogP contribution in [0.4, 0.5) is 0 Å². The second kappa shape index (κ2) is 6.93. The summed E-state index contributed by atoms with van der Waals surface area (Å²) in [5.41, 5.74) is 15.1. The number of hydrogen-bond acceptors (Lipinski definition) is 4. The number of rotatable bonds is 2. The number of para-hydroxylation sites is 1. The van der Waals surface area contributed by atoms with Gasteiger partial charge in [0.1, 0.15) is 5.58 Å². The summed E-state index contributed by atoms with van der Waals surface area (Å²) in [6.07, 6.45) is 9.91. The quantitative estimate of drug-likeness (QED) is 0.596. The molecule has 4 saturated carbocycles. The van der Waals surface area contributed by atoms with Crippen molar-refractivity contribution >= 4 is 16.8 Å². The molecule has 2 unspecified atom stereocenters. The van der Waals surface area contributed by atoms with E-state index in [1.165, 1.54) is 12.8 Å². The Bertz CT molecular complexity index is 1030. The molecule has 1 aromatic heterocycles. The van der Waals surface area contributed by atoms with Gasteiger partial charge in [0.15, 0.2) is 5.76 Å². The van der Waals surface area contributed by atoms with Crippen molar-refractivity contribution in [2.45, 2.75) is 82.7 Å². The molecule has 32 heavy (non-hydrogen) atoms. The standard InChI is InChI=1S/C28H38N2O2/c1-17-9-13-27(29)19(15-17)10-14-28(30)23-8-7-20(26(23,2)12-11-24(27)28)25(31)22-16-18-5-3-4-6-21(18)32-22/h3-6,16-17,19-20,23-24H,7-15,29-30H2,1-2H3/t17-,19+,20+,23?,24?,26+,27+,28+/m0/s1. The van der Waals surface area contributed by atoms with Crippen molar-refractivity contribution in [3.8, 4) is 0 Å². The van der Waals surface area contributed by atoms with E-state index >= 15 is 0 Å². The molecule has 4 aliphatic carbocycles. The molecule has 8 atom stereocenters. The van der Waals surface area contributed by atoms with E-state index in [1.807, 2.05) is 30.3 Å². The number of carbonyl (C=O) groups excluding carboxylic acids is 1. The van der Waals surface area contributed by atoms with Crippen molar-refractivity contribution in [2.75, 3.05) is 0 Å². The first kappa shape index (κ1) is 20.9. The smallest absolute Gasteiger partial charge is 0.201 e. The molecule has 0 bridgehead atoms. The molecular formula is C28H38N2O2. The zero-order valence-corrected chi connectivity index (χ0v) is 19.6. The lowest BCUT2D eigenvalue weighted by molar-refractivity contribution is -0.0943. The van der Waals surface area contributed by atoms with Gasteiger partial charge in [0.25, 0.3) is 0 Å². The lowest BCUT2D eigenvalue weighted by Gasteiger charge is -2.65. The van der Waals surface area contributed by atoms with Crippen LogP contribution in [0.5, 0.6) is 0 Å². The predicted octanol–water partition coefficient (Wildman–Crippen LogP) is 5.68. The lowest BCUT2D eigenvalue weighted by atomic mass is 9.44. The summed E-state index contributed by atoms with van der Waals surface area (Å²) < 4.78 is 5.99. The SMILES string of the molecule is C[C@H]1CC[C@]2(N)C3CC[C@@]4(C)C(CC[C@@H]4C(=O)c4cc5ccccc5o4)[C@]3(N)CC[C@@H]2C1. The highest BCUT2D eigenvalue weighted by Crippen LogP contribution is 2.66. The second-order valence-corrected chi connectivity index (χ2v) is 12.1. The largest absolute Gasteiger partial charge is 0.453 e. The van der Waals surface area contributed by atoms with E-state index in [0.29, 0.717) is 23.5 Å². The summed E-state index contributed by atoms with van der Waals surface area (Å²) in [5, 5.41) is 1.00. The van der Waals surface area contributed by atoms with Gasteiger partial charge in [0, 0.05) is 22.4 Å². The maximum atomic E-state index is 13.7. The number of nitrogens with two attached hydrogens (primary N) is 2. The van der Waals surface area contributed by atoms with Crippen molar-refractivity contribution in [1.82, 2.24) is 0 Å². The Hall–Kier alpha value is -1.65. The van der Waals surface area contributed by atoms with E-state index < -0.39 is 0 Å². The third-order valence-electron chi connectivity index (χ3n) is 10.7. The van der Waals surface area contributed by atoms with Crippen LogP contribution in [0.15, 0.2) is 34.7 Å². The van der Waals surface area contributed by atoms with Gasteiger partial charge in [-0.2, -0.15) is 0 Å². The van der Waals surface area contributed by atoms with Gasteiger partial charge < -0.3 is 15.9 Å². The molecule has 0 spiro atoms. The second-order valence-electron chi connectivity index (χ2n) is 12.1. The monoisotopic (exact) mass is 434 g/mol. The molecular weight excluding hydrogens is 396 g/mol. The molecule has 0 amide bonds. The Morgan fingerprint density at radius 3 is 2.56 bits per heavy atom. The predicted molar refractivity (Wildman–Crippen MR) is 127 cm³/mol. The van der Waals surface area contributed by atoms with Gasteiger partial charge in [0.2, 0.25) is 5.78 Å². The van der Waals surface area contributed by atoms with Crippen molar-refractivity contribution in [2.24, 2.45) is 46.5 Å². The van der Waals surface area contributed by atoms with Gasteiger partial charge in [-0.3, -0.25) is 4.79 Å². The van der Waals surface area contributed by atoms with Crippen LogP contribution < -0.4 is 11.5 Å². The van der Waals surface area contributed by atoms with Crippen LogP contribution in [0, 0.1) is 35.0 Å². The first-order valence-corrected chi connectivity index (χ1v) is 12.9. The molecule has 1 aromatic carbocycles. The minimum absolute atomic E-state index is 0.00716. The summed E-state index contributed by atoms with van der Waals surface area (Å²) >= 11 is 0.